The van der Waals surface area contributed by atoms with Crippen molar-refractivity contribution >= 4 is 25.7 Å². The fraction of sp³-hybridized carbons (Fsp3) is 0.364. The highest BCUT2D eigenvalue weighted by Crippen LogP contribution is 2.28. The summed E-state index contributed by atoms with van der Waals surface area (Å²) in [4.78, 5) is 10.4. The number of rotatable bonds is 5. The highest BCUT2D eigenvalue weighted by Gasteiger charge is 2.14. The van der Waals surface area contributed by atoms with Crippen LogP contribution >= 0.6 is 10.7 Å². The fourth-order valence-corrected chi connectivity index (χ4v) is 2.42. The SMILES string of the molecule is Cc1cc(S(=O)(=O)Cl)cc(C)c1OCCC(=O)O. The Kier molecular flexibility index (Phi) is 4.59. The summed E-state index contributed by atoms with van der Waals surface area (Å²) in [6.45, 7) is 3.38. The predicted molar refractivity (Wildman–Crippen MR) is 66.7 cm³/mol. The standard InChI is InChI=1S/C11H13ClO5S/c1-7-5-9(18(12,15)16)6-8(2)11(7)17-4-3-10(13)14/h5-6H,3-4H2,1-2H3,(H,13,14). The van der Waals surface area contributed by atoms with Crippen LogP contribution in [0.1, 0.15) is 17.5 Å². The predicted octanol–water partition coefficient (Wildman–Crippen LogP) is 2.08. The van der Waals surface area contributed by atoms with E-state index in [2.05, 4.69) is 0 Å². The second kappa shape index (κ2) is 5.58. The van der Waals surface area contributed by atoms with Crippen LogP contribution in [0, 0.1) is 13.8 Å². The molecule has 100 valence electrons. The van der Waals surface area contributed by atoms with Gasteiger partial charge in [-0.2, -0.15) is 0 Å². The van der Waals surface area contributed by atoms with Crippen molar-refractivity contribution in [3.05, 3.63) is 23.3 Å². The largest absolute Gasteiger partial charge is 0.492 e. The Labute approximate surface area is 110 Å². The van der Waals surface area contributed by atoms with Crippen molar-refractivity contribution in [3.63, 3.8) is 0 Å². The highest BCUT2D eigenvalue weighted by molar-refractivity contribution is 8.13. The maximum atomic E-state index is 11.2. The number of halogens is 1. The van der Waals surface area contributed by atoms with E-state index in [0.29, 0.717) is 16.9 Å². The Morgan fingerprint density at radius 3 is 2.22 bits per heavy atom. The molecule has 0 unspecified atom stereocenters. The van der Waals surface area contributed by atoms with Crippen LogP contribution in [0.15, 0.2) is 17.0 Å². The van der Waals surface area contributed by atoms with E-state index < -0.39 is 15.0 Å². The molecule has 0 aromatic heterocycles. The van der Waals surface area contributed by atoms with Gasteiger partial charge in [-0.25, -0.2) is 8.42 Å². The topological polar surface area (TPSA) is 80.7 Å². The molecule has 0 aliphatic heterocycles. The zero-order chi connectivity index (χ0) is 13.9. The van der Waals surface area contributed by atoms with Gasteiger partial charge in [-0.15, -0.1) is 0 Å². The minimum Gasteiger partial charge on any atom is -0.492 e. The minimum atomic E-state index is -3.78. The fourth-order valence-electron chi connectivity index (χ4n) is 1.52. The molecule has 1 rings (SSSR count). The first-order valence-electron chi connectivity index (χ1n) is 5.12. The molecule has 0 spiro atoms. The molecule has 0 radical (unpaired) electrons. The lowest BCUT2D eigenvalue weighted by atomic mass is 10.1. The van der Waals surface area contributed by atoms with E-state index in [-0.39, 0.29) is 17.9 Å². The number of hydrogen-bond acceptors (Lipinski definition) is 4. The lowest BCUT2D eigenvalue weighted by Gasteiger charge is -2.12. The number of benzene rings is 1. The molecule has 1 N–H and O–H groups in total. The summed E-state index contributed by atoms with van der Waals surface area (Å²) >= 11 is 0. The Balaban J connectivity index is 2.99. The molecule has 0 fully saturated rings. The van der Waals surface area contributed by atoms with E-state index in [1.807, 2.05) is 0 Å². The molecule has 1 aromatic carbocycles. The van der Waals surface area contributed by atoms with Crippen molar-refractivity contribution in [3.8, 4) is 5.75 Å². The first kappa shape index (κ1) is 14.8. The second-order valence-corrected chi connectivity index (χ2v) is 6.38. The van der Waals surface area contributed by atoms with E-state index in [0.717, 1.165) is 0 Å². The van der Waals surface area contributed by atoms with Crippen LogP contribution in [0.2, 0.25) is 0 Å². The Morgan fingerprint density at radius 1 is 1.33 bits per heavy atom. The number of carboxylic acid groups (broad SMARTS) is 1. The van der Waals surface area contributed by atoms with E-state index in [9.17, 15) is 13.2 Å². The first-order valence-corrected chi connectivity index (χ1v) is 7.43. The molecule has 0 saturated heterocycles. The molecule has 0 bridgehead atoms. The van der Waals surface area contributed by atoms with Gasteiger partial charge in [0.05, 0.1) is 17.9 Å². The highest BCUT2D eigenvalue weighted by atomic mass is 35.7. The summed E-state index contributed by atoms with van der Waals surface area (Å²) in [6, 6.07) is 2.79. The monoisotopic (exact) mass is 292 g/mol. The van der Waals surface area contributed by atoms with Crippen molar-refractivity contribution in [2.24, 2.45) is 0 Å². The summed E-state index contributed by atoms with van der Waals surface area (Å²) in [5.74, 6) is -0.467. The number of carboxylic acids is 1. The molecule has 0 atom stereocenters. The molecule has 0 amide bonds. The molecule has 0 heterocycles. The third-order valence-electron chi connectivity index (χ3n) is 2.28. The molecule has 18 heavy (non-hydrogen) atoms. The number of aryl methyl sites for hydroxylation is 2. The molecule has 7 heteroatoms. The number of hydrogen-bond donors (Lipinski definition) is 1. The van der Waals surface area contributed by atoms with Crippen molar-refractivity contribution < 1.29 is 23.1 Å². The molecule has 0 aliphatic carbocycles. The van der Waals surface area contributed by atoms with Gasteiger partial charge < -0.3 is 9.84 Å². The maximum Gasteiger partial charge on any atom is 0.306 e. The average molecular weight is 293 g/mol. The van der Waals surface area contributed by atoms with Crippen LogP contribution in [-0.4, -0.2) is 26.1 Å². The molecule has 0 aliphatic rings. The Hall–Kier alpha value is -1.27. The smallest absolute Gasteiger partial charge is 0.306 e. The minimum absolute atomic E-state index is 0.00440. The summed E-state index contributed by atoms with van der Waals surface area (Å²) in [5.41, 5.74) is 1.19. The van der Waals surface area contributed by atoms with Crippen LogP contribution < -0.4 is 4.74 Å². The third kappa shape index (κ3) is 3.89. The normalized spacial score (nSPS) is 11.3. The van der Waals surface area contributed by atoms with Crippen molar-refractivity contribution in [1.29, 1.82) is 0 Å². The zero-order valence-corrected chi connectivity index (χ0v) is 11.5. The number of carbonyl (C=O) groups is 1. The van der Waals surface area contributed by atoms with Gasteiger partial charge in [0.15, 0.2) is 0 Å². The van der Waals surface area contributed by atoms with Gasteiger partial charge in [-0.3, -0.25) is 4.79 Å². The second-order valence-electron chi connectivity index (χ2n) is 3.82. The van der Waals surface area contributed by atoms with Crippen molar-refractivity contribution in [2.75, 3.05) is 6.61 Å². The first-order chi connectivity index (χ1) is 8.21. The van der Waals surface area contributed by atoms with E-state index >= 15 is 0 Å². The Morgan fingerprint density at radius 2 is 1.83 bits per heavy atom. The van der Waals surface area contributed by atoms with E-state index in [1.54, 1.807) is 13.8 Å². The van der Waals surface area contributed by atoms with Gasteiger partial charge in [0, 0.05) is 10.7 Å². The zero-order valence-electron chi connectivity index (χ0n) is 9.94. The maximum absolute atomic E-state index is 11.2. The van der Waals surface area contributed by atoms with Crippen LogP contribution in [0.3, 0.4) is 0 Å². The lowest BCUT2D eigenvalue weighted by molar-refractivity contribution is -0.137. The van der Waals surface area contributed by atoms with Gasteiger partial charge in [0.1, 0.15) is 5.75 Å². The van der Waals surface area contributed by atoms with Crippen molar-refractivity contribution in [2.45, 2.75) is 25.2 Å². The summed E-state index contributed by atoms with van der Waals surface area (Å²) in [6.07, 6.45) is -0.117. The van der Waals surface area contributed by atoms with E-state index in [4.69, 9.17) is 20.5 Å². The molecular formula is C11H13ClO5S. The van der Waals surface area contributed by atoms with E-state index in [1.165, 1.54) is 12.1 Å². The van der Waals surface area contributed by atoms with Gasteiger partial charge >= 0.3 is 5.97 Å². The molecule has 5 nitrogen and oxygen atoms in total. The average Bonchev–Trinajstić information content (AvgIpc) is 2.20. The molecule has 0 saturated carbocycles. The van der Waals surface area contributed by atoms with Crippen LogP contribution in [0.4, 0.5) is 0 Å². The quantitative estimate of drug-likeness (QED) is 0.840. The van der Waals surface area contributed by atoms with Crippen LogP contribution in [-0.2, 0) is 13.8 Å². The number of ether oxygens (including phenoxy) is 1. The van der Waals surface area contributed by atoms with Gasteiger partial charge in [-0.05, 0) is 37.1 Å². The Bertz CT molecular complexity index is 542. The van der Waals surface area contributed by atoms with Crippen molar-refractivity contribution in [1.82, 2.24) is 0 Å². The van der Waals surface area contributed by atoms with Gasteiger partial charge in [-0.1, -0.05) is 0 Å². The summed E-state index contributed by atoms with van der Waals surface area (Å²) < 4.78 is 27.7. The lowest BCUT2D eigenvalue weighted by Crippen LogP contribution is -2.07. The van der Waals surface area contributed by atoms with Gasteiger partial charge in [0.2, 0.25) is 0 Å². The summed E-state index contributed by atoms with van der Waals surface area (Å²) in [7, 11) is 1.48. The number of aliphatic carboxylic acids is 1. The molecular weight excluding hydrogens is 280 g/mol. The third-order valence-corrected chi connectivity index (χ3v) is 3.61. The molecule has 1 aromatic rings. The summed E-state index contributed by atoms with van der Waals surface area (Å²) in [5, 5.41) is 8.50. The van der Waals surface area contributed by atoms with Crippen LogP contribution in [0.5, 0.6) is 5.75 Å². The van der Waals surface area contributed by atoms with Crippen LogP contribution in [0.25, 0.3) is 0 Å². The van der Waals surface area contributed by atoms with Gasteiger partial charge in [0.25, 0.3) is 9.05 Å².